The van der Waals surface area contributed by atoms with Crippen molar-refractivity contribution in [2.24, 2.45) is 0 Å². The molecule has 0 atom stereocenters. The van der Waals surface area contributed by atoms with Gasteiger partial charge in [0.15, 0.2) is 0 Å². The molecule has 21 heavy (non-hydrogen) atoms. The fourth-order valence-electron chi connectivity index (χ4n) is 1.87. The number of hydrogen-bond donors (Lipinski definition) is 1. The fraction of sp³-hybridized carbons (Fsp3) is 0.375. The van der Waals surface area contributed by atoms with Crippen LogP contribution in [-0.2, 0) is 17.6 Å². The molecule has 0 saturated carbocycles. The van der Waals surface area contributed by atoms with E-state index in [1.54, 1.807) is 17.5 Å². The summed E-state index contributed by atoms with van der Waals surface area (Å²) in [7, 11) is 0. The van der Waals surface area contributed by atoms with Gasteiger partial charge in [0, 0.05) is 17.5 Å². The van der Waals surface area contributed by atoms with Crippen LogP contribution in [0.25, 0.3) is 0 Å². The summed E-state index contributed by atoms with van der Waals surface area (Å²) < 4.78 is 5.73. The highest BCUT2D eigenvalue weighted by Gasteiger charge is 2.05. The maximum absolute atomic E-state index is 10.5. The second kappa shape index (κ2) is 7.22. The highest BCUT2D eigenvalue weighted by molar-refractivity contribution is 7.11. The quantitative estimate of drug-likeness (QED) is 0.851. The number of hydrogen-bond acceptors (Lipinski definition) is 4. The Kier molecular flexibility index (Phi) is 5.33. The zero-order valence-corrected chi connectivity index (χ0v) is 13.1. The second-order valence-electron chi connectivity index (χ2n) is 4.96. The number of aryl methyl sites for hydroxylation is 3. The molecule has 0 bridgehead atoms. The van der Waals surface area contributed by atoms with E-state index >= 15 is 0 Å². The minimum absolute atomic E-state index is 0.154. The van der Waals surface area contributed by atoms with Crippen molar-refractivity contribution in [3.8, 4) is 5.75 Å². The standard InChI is InChI=1S/C16H19NO3S/c1-11-3-4-13(9-12(11)2)20-8-7-15-17-10-14(21-15)5-6-16(18)19/h3-4,9-10H,5-8H2,1-2H3,(H,18,19). The molecule has 112 valence electrons. The first-order valence-corrected chi connectivity index (χ1v) is 7.71. The number of thiazole rings is 1. The van der Waals surface area contributed by atoms with Gasteiger partial charge in [0.05, 0.1) is 18.0 Å². The molecule has 5 heteroatoms. The fourth-order valence-corrected chi connectivity index (χ4v) is 2.77. The maximum atomic E-state index is 10.5. The van der Waals surface area contributed by atoms with E-state index in [1.165, 1.54) is 11.1 Å². The van der Waals surface area contributed by atoms with Crippen molar-refractivity contribution in [1.29, 1.82) is 0 Å². The zero-order chi connectivity index (χ0) is 15.2. The van der Waals surface area contributed by atoms with E-state index in [2.05, 4.69) is 24.9 Å². The summed E-state index contributed by atoms with van der Waals surface area (Å²) >= 11 is 1.56. The normalized spacial score (nSPS) is 10.6. The van der Waals surface area contributed by atoms with Gasteiger partial charge in [0.2, 0.25) is 0 Å². The van der Waals surface area contributed by atoms with Crippen molar-refractivity contribution in [2.45, 2.75) is 33.1 Å². The van der Waals surface area contributed by atoms with Gasteiger partial charge < -0.3 is 9.84 Å². The highest BCUT2D eigenvalue weighted by atomic mass is 32.1. The number of benzene rings is 1. The average molecular weight is 305 g/mol. The monoisotopic (exact) mass is 305 g/mol. The molecule has 1 N–H and O–H groups in total. The van der Waals surface area contributed by atoms with Crippen LogP contribution in [0.15, 0.2) is 24.4 Å². The van der Waals surface area contributed by atoms with E-state index in [0.717, 1.165) is 22.1 Å². The lowest BCUT2D eigenvalue weighted by Gasteiger charge is -2.07. The largest absolute Gasteiger partial charge is 0.493 e. The molecule has 2 aromatic rings. The van der Waals surface area contributed by atoms with Crippen molar-refractivity contribution in [2.75, 3.05) is 6.61 Å². The molecule has 0 aliphatic heterocycles. The molecule has 4 nitrogen and oxygen atoms in total. The van der Waals surface area contributed by atoms with Crippen molar-refractivity contribution in [3.05, 3.63) is 45.4 Å². The number of rotatable bonds is 7. The number of aromatic nitrogens is 1. The summed E-state index contributed by atoms with van der Waals surface area (Å²) in [4.78, 5) is 15.8. The Labute approximate surface area is 128 Å². The van der Waals surface area contributed by atoms with Gasteiger partial charge in [0.1, 0.15) is 5.75 Å². The Bertz CT molecular complexity index is 622. The van der Waals surface area contributed by atoms with Crippen LogP contribution in [0.3, 0.4) is 0 Å². The molecule has 1 aromatic heterocycles. The minimum atomic E-state index is -0.775. The Hall–Kier alpha value is -1.88. The number of nitrogens with zero attached hydrogens (tertiary/aromatic N) is 1. The number of ether oxygens (including phenoxy) is 1. The Morgan fingerprint density at radius 2 is 2.10 bits per heavy atom. The Morgan fingerprint density at radius 1 is 1.29 bits per heavy atom. The van der Waals surface area contributed by atoms with Crippen molar-refractivity contribution in [1.82, 2.24) is 4.98 Å². The lowest BCUT2D eigenvalue weighted by atomic mass is 10.1. The van der Waals surface area contributed by atoms with E-state index < -0.39 is 5.97 Å². The number of aliphatic carboxylic acids is 1. The van der Waals surface area contributed by atoms with E-state index in [1.807, 2.05) is 12.1 Å². The predicted octanol–water partition coefficient (Wildman–Crippen LogP) is 3.40. The van der Waals surface area contributed by atoms with E-state index in [9.17, 15) is 4.79 Å². The van der Waals surface area contributed by atoms with Crippen molar-refractivity contribution in [3.63, 3.8) is 0 Å². The summed E-state index contributed by atoms with van der Waals surface area (Å²) in [5.41, 5.74) is 2.48. The molecule has 0 amide bonds. The number of carboxylic acids is 1. The van der Waals surface area contributed by atoms with E-state index in [4.69, 9.17) is 9.84 Å². The number of carboxylic acid groups (broad SMARTS) is 1. The third-order valence-corrected chi connectivity index (χ3v) is 4.37. The molecule has 0 aliphatic carbocycles. The summed E-state index contributed by atoms with van der Waals surface area (Å²) in [6.07, 6.45) is 3.20. The van der Waals surface area contributed by atoms with Gasteiger partial charge in [-0.15, -0.1) is 11.3 Å². The van der Waals surface area contributed by atoms with Crippen molar-refractivity contribution < 1.29 is 14.6 Å². The first-order valence-electron chi connectivity index (χ1n) is 6.90. The summed E-state index contributed by atoms with van der Waals surface area (Å²) in [5, 5.41) is 9.64. The highest BCUT2D eigenvalue weighted by Crippen LogP contribution is 2.18. The average Bonchev–Trinajstić information content (AvgIpc) is 2.88. The summed E-state index contributed by atoms with van der Waals surface area (Å²) in [6, 6.07) is 6.07. The predicted molar refractivity (Wildman–Crippen MR) is 83.2 cm³/mol. The summed E-state index contributed by atoms with van der Waals surface area (Å²) in [6.45, 7) is 4.72. The van der Waals surface area contributed by atoms with Crippen LogP contribution in [0.5, 0.6) is 5.75 Å². The molecule has 0 aliphatic rings. The van der Waals surface area contributed by atoms with Crippen LogP contribution in [0.4, 0.5) is 0 Å². The van der Waals surface area contributed by atoms with Crippen molar-refractivity contribution >= 4 is 17.3 Å². The summed E-state index contributed by atoms with van der Waals surface area (Å²) in [5.74, 6) is 0.101. The van der Waals surface area contributed by atoms with Gasteiger partial charge in [-0.1, -0.05) is 6.07 Å². The molecular formula is C16H19NO3S. The van der Waals surface area contributed by atoms with Gasteiger partial charge >= 0.3 is 5.97 Å². The molecular weight excluding hydrogens is 286 g/mol. The smallest absolute Gasteiger partial charge is 0.303 e. The minimum Gasteiger partial charge on any atom is -0.493 e. The van der Waals surface area contributed by atoms with Crippen LogP contribution >= 0.6 is 11.3 Å². The van der Waals surface area contributed by atoms with Crippen LogP contribution in [-0.4, -0.2) is 22.7 Å². The first kappa shape index (κ1) is 15.5. The van der Waals surface area contributed by atoms with Crippen LogP contribution in [0.2, 0.25) is 0 Å². The maximum Gasteiger partial charge on any atom is 0.303 e. The topological polar surface area (TPSA) is 59.4 Å². The lowest BCUT2D eigenvalue weighted by molar-refractivity contribution is -0.136. The zero-order valence-electron chi connectivity index (χ0n) is 12.3. The van der Waals surface area contributed by atoms with Gasteiger partial charge in [0.25, 0.3) is 0 Å². The lowest BCUT2D eigenvalue weighted by Crippen LogP contribution is -2.01. The Morgan fingerprint density at radius 3 is 2.81 bits per heavy atom. The van der Waals surface area contributed by atoms with Crippen LogP contribution < -0.4 is 4.74 Å². The molecule has 0 fully saturated rings. The Balaban J connectivity index is 1.80. The number of carbonyl (C=O) groups is 1. The van der Waals surface area contributed by atoms with Gasteiger partial charge in [-0.3, -0.25) is 4.79 Å². The SMILES string of the molecule is Cc1ccc(OCCc2ncc(CCC(=O)O)s2)cc1C. The van der Waals surface area contributed by atoms with E-state index in [0.29, 0.717) is 13.0 Å². The molecule has 1 aromatic carbocycles. The van der Waals surface area contributed by atoms with Crippen LogP contribution in [0, 0.1) is 13.8 Å². The molecule has 0 spiro atoms. The first-order chi connectivity index (χ1) is 10.0. The third-order valence-electron chi connectivity index (χ3n) is 3.25. The molecule has 0 saturated heterocycles. The van der Waals surface area contributed by atoms with Gasteiger partial charge in [-0.05, 0) is 43.5 Å². The van der Waals surface area contributed by atoms with Gasteiger partial charge in [-0.25, -0.2) is 4.98 Å². The van der Waals surface area contributed by atoms with Crippen LogP contribution in [0.1, 0.15) is 27.4 Å². The van der Waals surface area contributed by atoms with Gasteiger partial charge in [-0.2, -0.15) is 0 Å². The molecule has 1 heterocycles. The van der Waals surface area contributed by atoms with E-state index in [-0.39, 0.29) is 6.42 Å². The molecule has 2 rings (SSSR count). The molecule has 0 unspecified atom stereocenters. The third kappa shape index (κ3) is 4.86. The molecule has 0 radical (unpaired) electrons. The second-order valence-corrected chi connectivity index (χ2v) is 6.16.